The van der Waals surface area contributed by atoms with Gasteiger partial charge in [-0.15, -0.1) is 0 Å². The Bertz CT molecular complexity index is 398. The summed E-state index contributed by atoms with van der Waals surface area (Å²) in [4.78, 5) is 11.9. The van der Waals surface area contributed by atoms with Gasteiger partial charge < -0.3 is 10.6 Å². The van der Waals surface area contributed by atoms with E-state index in [1.807, 2.05) is 13.8 Å². The first-order valence-corrected chi connectivity index (χ1v) is 6.68. The van der Waals surface area contributed by atoms with Gasteiger partial charge in [0.2, 0.25) is 5.91 Å². The molecule has 0 aromatic heterocycles. The van der Waals surface area contributed by atoms with Crippen molar-refractivity contribution in [2.75, 3.05) is 18.4 Å². The number of benzene rings is 1. The summed E-state index contributed by atoms with van der Waals surface area (Å²) in [5.41, 5.74) is 0.739. The molecule has 17 heavy (non-hydrogen) atoms. The number of carbonyl (C=O) groups excluding carboxylic acids is 1. The Morgan fingerprint density at radius 1 is 1.53 bits per heavy atom. The Labute approximate surface area is 115 Å². The van der Waals surface area contributed by atoms with Crippen molar-refractivity contribution in [1.82, 2.24) is 5.32 Å². The third-order valence-corrected chi connectivity index (χ3v) is 3.23. The van der Waals surface area contributed by atoms with Crippen LogP contribution in [0.4, 0.5) is 5.69 Å². The van der Waals surface area contributed by atoms with E-state index in [1.54, 1.807) is 18.2 Å². The van der Waals surface area contributed by atoms with Crippen LogP contribution in [0.3, 0.4) is 0 Å². The normalized spacial score (nSPS) is 12.2. The van der Waals surface area contributed by atoms with Crippen LogP contribution in [0.2, 0.25) is 5.02 Å². The fourth-order valence-electron chi connectivity index (χ4n) is 1.30. The molecule has 1 amide bonds. The predicted octanol–water partition coefficient (Wildman–Crippen LogP) is 3.29. The second-order valence-corrected chi connectivity index (χ2v) is 5.11. The molecule has 0 aliphatic rings. The highest BCUT2D eigenvalue weighted by Crippen LogP contribution is 2.26. The minimum absolute atomic E-state index is 0.00558. The molecule has 94 valence electrons. The molecular weight excluding hydrogens is 304 g/mol. The summed E-state index contributed by atoms with van der Waals surface area (Å²) >= 11 is 9.19. The topological polar surface area (TPSA) is 41.1 Å². The van der Waals surface area contributed by atoms with Crippen LogP contribution < -0.4 is 10.6 Å². The standard InChI is InChI=1S/C12H16BrClN2O/c1-3-15-7-8(2)12(17)16-11-5-4-9(14)6-10(11)13/h4-6,8,15H,3,7H2,1-2H3,(H,16,17). The highest BCUT2D eigenvalue weighted by Gasteiger charge is 2.13. The number of nitrogens with one attached hydrogen (secondary N) is 2. The van der Waals surface area contributed by atoms with E-state index in [0.717, 1.165) is 16.7 Å². The summed E-state index contributed by atoms with van der Waals surface area (Å²) in [6.45, 7) is 5.44. The zero-order chi connectivity index (χ0) is 12.8. The Kier molecular flexibility index (Phi) is 5.95. The van der Waals surface area contributed by atoms with E-state index in [1.165, 1.54) is 0 Å². The van der Waals surface area contributed by atoms with Gasteiger partial charge in [0.1, 0.15) is 0 Å². The van der Waals surface area contributed by atoms with Crippen molar-refractivity contribution in [3.05, 3.63) is 27.7 Å². The number of amides is 1. The highest BCUT2D eigenvalue weighted by atomic mass is 79.9. The minimum atomic E-state index is -0.0717. The zero-order valence-corrected chi connectivity index (χ0v) is 12.2. The first-order chi connectivity index (χ1) is 8.04. The quantitative estimate of drug-likeness (QED) is 0.874. The number of anilines is 1. The third-order valence-electron chi connectivity index (χ3n) is 2.34. The van der Waals surface area contributed by atoms with E-state index < -0.39 is 0 Å². The number of hydrogen-bond donors (Lipinski definition) is 2. The van der Waals surface area contributed by atoms with Crippen molar-refractivity contribution in [2.45, 2.75) is 13.8 Å². The maximum atomic E-state index is 11.9. The van der Waals surface area contributed by atoms with Crippen LogP contribution in [0.15, 0.2) is 22.7 Å². The Morgan fingerprint density at radius 3 is 2.82 bits per heavy atom. The molecule has 1 aromatic carbocycles. The first-order valence-electron chi connectivity index (χ1n) is 5.51. The fraction of sp³-hybridized carbons (Fsp3) is 0.417. The Morgan fingerprint density at radius 2 is 2.24 bits per heavy atom. The van der Waals surface area contributed by atoms with Crippen LogP contribution in [-0.2, 0) is 4.79 Å². The number of carbonyl (C=O) groups is 1. The average molecular weight is 320 g/mol. The Balaban J connectivity index is 2.61. The molecule has 0 saturated carbocycles. The molecule has 0 fully saturated rings. The maximum absolute atomic E-state index is 11.9. The van der Waals surface area contributed by atoms with Gasteiger partial charge in [0, 0.05) is 22.0 Å². The van der Waals surface area contributed by atoms with Gasteiger partial charge in [0.05, 0.1) is 5.69 Å². The van der Waals surface area contributed by atoms with Gasteiger partial charge in [-0.1, -0.05) is 25.4 Å². The monoisotopic (exact) mass is 318 g/mol. The van der Waals surface area contributed by atoms with E-state index in [9.17, 15) is 4.79 Å². The summed E-state index contributed by atoms with van der Waals surface area (Å²) in [7, 11) is 0. The second-order valence-electron chi connectivity index (χ2n) is 3.82. The summed E-state index contributed by atoms with van der Waals surface area (Å²) in [5.74, 6) is -0.0773. The van der Waals surface area contributed by atoms with Gasteiger partial charge in [-0.2, -0.15) is 0 Å². The summed E-state index contributed by atoms with van der Waals surface area (Å²) in [6, 6.07) is 5.29. The fourth-order valence-corrected chi connectivity index (χ4v) is 2.08. The van der Waals surface area contributed by atoms with Crippen molar-refractivity contribution >= 4 is 39.1 Å². The number of halogens is 2. The van der Waals surface area contributed by atoms with Crippen molar-refractivity contribution < 1.29 is 4.79 Å². The molecule has 1 atom stereocenters. The van der Waals surface area contributed by atoms with Gasteiger partial charge in [-0.05, 0) is 40.7 Å². The molecule has 0 spiro atoms. The molecule has 1 unspecified atom stereocenters. The highest BCUT2D eigenvalue weighted by molar-refractivity contribution is 9.10. The summed E-state index contributed by atoms with van der Waals surface area (Å²) in [6.07, 6.45) is 0. The molecular formula is C12H16BrClN2O. The molecule has 5 heteroatoms. The van der Waals surface area contributed by atoms with Crippen LogP contribution in [0, 0.1) is 5.92 Å². The molecule has 1 rings (SSSR count). The molecule has 2 N–H and O–H groups in total. The van der Waals surface area contributed by atoms with E-state index >= 15 is 0 Å². The van der Waals surface area contributed by atoms with Crippen molar-refractivity contribution in [1.29, 1.82) is 0 Å². The van der Waals surface area contributed by atoms with Crippen molar-refractivity contribution in [2.24, 2.45) is 5.92 Å². The smallest absolute Gasteiger partial charge is 0.228 e. The van der Waals surface area contributed by atoms with E-state index in [-0.39, 0.29) is 11.8 Å². The Hall–Kier alpha value is -0.580. The second kappa shape index (κ2) is 6.99. The van der Waals surface area contributed by atoms with E-state index in [2.05, 4.69) is 26.6 Å². The van der Waals surface area contributed by atoms with Crippen LogP contribution >= 0.6 is 27.5 Å². The lowest BCUT2D eigenvalue weighted by Gasteiger charge is -2.13. The lowest BCUT2D eigenvalue weighted by Crippen LogP contribution is -2.30. The molecule has 1 aromatic rings. The van der Waals surface area contributed by atoms with Crippen molar-refractivity contribution in [3.63, 3.8) is 0 Å². The van der Waals surface area contributed by atoms with Gasteiger partial charge in [0.15, 0.2) is 0 Å². The largest absolute Gasteiger partial charge is 0.325 e. The van der Waals surface area contributed by atoms with Crippen LogP contribution in [-0.4, -0.2) is 19.0 Å². The van der Waals surface area contributed by atoms with E-state index in [4.69, 9.17) is 11.6 Å². The molecule has 3 nitrogen and oxygen atoms in total. The minimum Gasteiger partial charge on any atom is -0.325 e. The van der Waals surface area contributed by atoms with E-state index in [0.29, 0.717) is 11.6 Å². The number of rotatable bonds is 5. The third kappa shape index (κ3) is 4.66. The summed E-state index contributed by atoms with van der Waals surface area (Å²) in [5, 5.41) is 6.64. The first kappa shape index (κ1) is 14.5. The molecule has 0 aliphatic heterocycles. The van der Waals surface area contributed by atoms with Gasteiger partial charge >= 0.3 is 0 Å². The van der Waals surface area contributed by atoms with Gasteiger partial charge in [-0.3, -0.25) is 4.79 Å². The molecule has 0 aliphatic carbocycles. The van der Waals surface area contributed by atoms with Gasteiger partial charge in [0.25, 0.3) is 0 Å². The zero-order valence-electron chi connectivity index (χ0n) is 9.89. The van der Waals surface area contributed by atoms with Crippen LogP contribution in [0.5, 0.6) is 0 Å². The number of hydrogen-bond acceptors (Lipinski definition) is 2. The SMILES string of the molecule is CCNCC(C)C(=O)Nc1ccc(Cl)cc1Br. The van der Waals surface area contributed by atoms with Gasteiger partial charge in [-0.25, -0.2) is 0 Å². The lowest BCUT2D eigenvalue weighted by atomic mass is 10.1. The summed E-state index contributed by atoms with van der Waals surface area (Å²) < 4.78 is 0.786. The van der Waals surface area contributed by atoms with Crippen LogP contribution in [0.25, 0.3) is 0 Å². The van der Waals surface area contributed by atoms with Crippen molar-refractivity contribution in [3.8, 4) is 0 Å². The molecule has 0 bridgehead atoms. The average Bonchev–Trinajstić information content (AvgIpc) is 2.29. The molecule has 0 heterocycles. The predicted molar refractivity (Wildman–Crippen MR) is 75.5 cm³/mol. The van der Waals surface area contributed by atoms with Crippen LogP contribution in [0.1, 0.15) is 13.8 Å². The molecule has 0 radical (unpaired) electrons. The molecule has 0 saturated heterocycles. The maximum Gasteiger partial charge on any atom is 0.228 e. The lowest BCUT2D eigenvalue weighted by molar-refractivity contribution is -0.119.